The van der Waals surface area contributed by atoms with Crippen molar-refractivity contribution in [3.05, 3.63) is 23.2 Å². The third-order valence-corrected chi connectivity index (χ3v) is 5.23. The van der Waals surface area contributed by atoms with Gasteiger partial charge in [-0.2, -0.15) is 0 Å². The monoisotopic (exact) mass is 333 g/mol. The predicted octanol–water partition coefficient (Wildman–Crippen LogP) is 0.923. The minimum absolute atomic E-state index is 0.0236. The highest BCUT2D eigenvalue weighted by molar-refractivity contribution is 7.89. The number of nitrogens with one attached hydrogen (secondary N) is 1. The standard InChI is InChI=1S/C13H20ClN3O3S/c14-12-3-2-11(15)10-13(12)21(18,19)16-4-1-5-17-6-8-20-9-7-17/h2-3,10,16H,1,4-9,15H2. The van der Waals surface area contributed by atoms with Crippen LogP contribution in [0.5, 0.6) is 0 Å². The molecule has 0 aromatic heterocycles. The number of hydrogen-bond acceptors (Lipinski definition) is 5. The molecule has 118 valence electrons. The largest absolute Gasteiger partial charge is 0.399 e. The van der Waals surface area contributed by atoms with E-state index in [0.29, 0.717) is 12.2 Å². The third-order valence-electron chi connectivity index (χ3n) is 3.29. The molecule has 0 atom stereocenters. The lowest BCUT2D eigenvalue weighted by Crippen LogP contribution is -2.38. The second-order valence-electron chi connectivity index (χ2n) is 4.90. The van der Waals surface area contributed by atoms with Crippen molar-refractivity contribution in [1.82, 2.24) is 9.62 Å². The molecule has 0 unspecified atom stereocenters. The molecule has 1 aromatic carbocycles. The van der Waals surface area contributed by atoms with E-state index in [9.17, 15) is 8.42 Å². The highest BCUT2D eigenvalue weighted by Gasteiger charge is 2.18. The molecule has 0 spiro atoms. The highest BCUT2D eigenvalue weighted by atomic mass is 35.5. The van der Waals surface area contributed by atoms with Crippen LogP contribution in [0, 0.1) is 0 Å². The van der Waals surface area contributed by atoms with Crippen LogP contribution in [-0.2, 0) is 14.8 Å². The van der Waals surface area contributed by atoms with Gasteiger partial charge in [0.2, 0.25) is 10.0 Å². The number of ether oxygens (including phenoxy) is 1. The van der Waals surface area contributed by atoms with Crippen molar-refractivity contribution in [2.75, 3.05) is 45.1 Å². The molecule has 6 nitrogen and oxygen atoms in total. The van der Waals surface area contributed by atoms with E-state index in [1.54, 1.807) is 6.07 Å². The van der Waals surface area contributed by atoms with Gasteiger partial charge in [0.05, 0.1) is 18.2 Å². The SMILES string of the molecule is Nc1ccc(Cl)c(S(=O)(=O)NCCCN2CCOCC2)c1. The van der Waals surface area contributed by atoms with Crippen molar-refractivity contribution in [2.24, 2.45) is 0 Å². The first-order chi connectivity index (χ1) is 9.99. The van der Waals surface area contributed by atoms with Gasteiger partial charge in [-0.15, -0.1) is 0 Å². The topological polar surface area (TPSA) is 84.7 Å². The third kappa shape index (κ3) is 4.82. The summed E-state index contributed by atoms with van der Waals surface area (Å²) in [4.78, 5) is 2.28. The maximum atomic E-state index is 12.2. The molecule has 1 heterocycles. The number of benzene rings is 1. The fourth-order valence-corrected chi connectivity index (χ4v) is 3.74. The van der Waals surface area contributed by atoms with Gasteiger partial charge in [-0.05, 0) is 31.2 Å². The number of nitrogen functional groups attached to an aromatic ring is 1. The summed E-state index contributed by atoms with van der Waals surface area (Å²) in [5.41, 5.74) is 5.98. The van der Waals surface area contributed by atoms with Crippen molar-refractivity contribution in [2.45, 2.75) is 11.3 Å². The first-order valence-electron chi connectivity index (χ1n) is 6.84. The van der Waals surface area contributed by atoms with Crippen molar-refractivity contribution < 1.29 is 13.2 Å². The minimum Gasteiger partial charge on any atom is -0.399 e. The van der Waals surface area contributed by atoms with Crippen LogP contribution in [0.15, 0.2) is 23.1 Å². The quantitative estimate of drug-likeness (QED) is 0.597. The van der Waals surface area contributed by atoms with E-state index in [0.717, 1.165) is 39.3 Å². The van der Waals surface area contributed by atoms with Crippen molar-refractivity contribution in [3.8, 4) is 0 Å². The Balaban J connectivity index is 1.85. The summed E-state index contributed by atoms with van der Waals surface area (Å²) < 4.78 is 32.2. The lowest BCUT2D eigenvalue weighted by molar-refractivity contribution is 0.0376. The lowest BCUT2D eigenvalue weighted by atomic mass is 10.3. The second-order valence-corrected chi connectivity index (χ2v) is 7.04. The molecular formula is C13H20ClN3O3S. The average molecular weight is 334 g/mol. The Labute approximate surface area is 130 Å². The predicted molar refractivity (Wildman–Crippen MR) is 82.9 cm³/mol. The molecule has 1 fully saturated rings. The number of morpholine rings is 1. The molecule has 0 amide bonds. The number of sulfonamides is 1. The highest BCUT2D eigenvalue weighted by Crippen LogP contribution is 2.23. The number of rotatable bonds is 6. The first kappa shape index (κ1) is 16.5. The van der Waals surface area contributed by atoms with Gasteiger partial charge in [-0.25, -0.2) is 13.1 Å². The van der Waals surface area contributed by atoms with Gasteiger partial charge in [0.15, 0.2) is 0 Å². The Morgan fingerprint density at radius 1 is 1.33 bits per heavy atom. The Bertz CT molecular complexity index is 574. The van der Waals surface area contributed by atoms with Crippen LogP contribution < -0.4 is 10.5 Å². The first-order valence-corrected chi connectivity index (χ1v) is 8.70. The van der Waals surface area contributed by atoms with E-state index in [1.165, 1.54) is 12.1 Å². The molecule has 1 saturated heterocycles. The zero-order chi connectivity index (χ0) is 15.3. The van der Waals surface area contributed by atoms with Crippen LogP contribution in [0.1, 0.15) is 6.42 Å². The molecule has 0 aliphatic carbocycles. The van der Waals surface area contributed by atoms with Gasteiger partial charge < -0.3 is 10.5 Å². The van der Waals surface area contributed by atoms with Gasteiger partial charge >= 0.3 is 0 Å². The Morgan fingerprint density at radius 3 is 2.76 bits per heavy atom. The molecule has 0 radical (unpaired) electrons. The maximum Gasteiger partial charge on any atom is 0.242 e. The van der Waals surface area contributed by atoms with E-state index < -0.39 is 10.0 Å². The van der Waals surface area contributed by atoms with Crippen LogP contribution in [-0.4, -0.2) is 52.7 Å². The average Bonchev–Trinajstić information content (AvgIpc) is 2.47. The fourth-order valence-electron chi connectivity index (χ4n) is 2.14. The molecular weight excluding hydrogens is 314 g/mol. The molecule has 0 saturated carbocycles. The van der Waals surface area contributed by atoms with E-state index >= 15 is 0 Å². The summed E-state index contributed by atoms with van der Waals surface area (Å²) in [6.45, 7) is 4.48. The van der Waals surface area contributed by atoms with E-state index in [2.05, 4.69) is 9.62 Å². The second kappa shape index (κ2) is 7.42. The van der Waals surface area contributed by atoms with Crippen LogP contribution in [0.4, 0.5) is 5.69 Å². The van der Waals surface area contributed by atoms with E-state index in [4.69, 9.17) is 22.1 Å². The fraction of sp³-hybridized carbons (Fsp3) is 0.538. The van der Waals surface area contributed by atoms with Crippen molar-refractivity contribution >= 4 is 27.3 Å². The molecule has 21 heavy (non-hydrogen) atoms. The number of hydrogen-bond donors (Lipinski definition) is 2. The van der Waals surface area contributed by atoms with Crippen LogP contribution >= 0.6 is 11.6 Å². The summed E-state index contributed by atoms with van der Waals surface area (Å²) in [5, 5.41) is 0.171. The summed E-state index contributed by atoms with van der Waals surface area (Å²) >= 11 is 5.92. The Hall–Kier alpha value is -0.860. The van der Waals surface area contributed by atoms with Gasteiger partial charge in [-0.1, -0.05) is 11.6 Å². The zero-order valence-corrected chi connectivity index (χ0v) is 13.3. The molecule has 1 aliphatic rings. The van der Waals surface area contributed by atoms with Crippen LogP contribution in [0.25, 0.3) is 0 Å². The number of nitrogens with two attached hydrogens (primary N) is 1. The summed E-state index contributed by atoms with van der Waals surface area (Å²) in [6, 6.07) is 4.42. The molecule has 1 aromatic rings. The summed E-state index contributed by atoms with van der Waals surface area (Å²) in [6.07, 6.45) is 0.735. The molecule has 1 aliphatic heterocycles. The van der Waals surface area contributed by atoms with Crippen molar-refractivity contribution in [1.29, 1.82) is 0 Å². The van der Waals surface area contributed by atoms with Crippen LogP contribution in [0.2, 0.25) is 5.02 Å². The van der Waals surface area contributed by atoms with E-state index in [1.807, 2.05) is 0 Å². The molecule has 8 heteroatoms. The van der Waals surface area contributed by atoms with Gasteiger partial charge in [-0.3, -0.25) is 4.90 Å². The van der Waals surface area contributed by atoms with Gasteiger partial charge in [0.1, 0.15) is 4.90 Å². The lowest BCUT2D eigenvalue weighted by Gasteiger charge is -2.26. The Morgan fingerprint density at radius 2 is 2.05 bits per heavy atom. The molecule has 0 bridgehead atoms. The smallest absolute Gasteiger partial charge is 0.242 e. The summed E-state index contributed by atoms with van der Waals surface area (Å²) in [5.74, 6) is 0. The van der Waals surface area contributed by atoms with E-state index in [-0.39, 0.29) is 9.92 Å². The Kier molecular flexibility index (Phi) is 5.83. The molecule has 2 rings (SSSR count). The maximum absolute atomic E-state index is 12.2. The van der Waals surface area contributed by atoms with Crippen molar-refractivity contribution in [3.63, 3.8) is 0 Å². The number of halogens is 1. The minimum atomic E-state index is -3.62. The number of anilines is 1. The summed E-state index contributed by atoms with van der Waals surface area (Å²) in [7, 11) is -3.62. The number of nitrogens with zero attached hydrogens (tertiary/aromatic N) is 1. The van der Waals surface area contributed by atoms with Gasteiger partial charge in [0.25, 0.3) is 0 Å². The molecule has 3 N–H and O–H groups in total. The van der Waals surface area contributed by atoms with Crippen LogP contribution in [0.3, 0.4) is 0 Å². The van der Waals surface area contributed by atoms with Gasteiger partial charge in [0, 0.05) is 25.3 Å². The normalized spacial score (nSPS) is 17.0. The zero-order valence-electron chi connectivity index (χ0n) is 11.7.